The zero-order valence-electron chi connectivity index (χ0n) is 17.7. The second kappa shape index (κ2) is 15.0. The van der Waals surface area contributed by atoms with Crippen molar-refractivity contribution in [3.8, 4) is 0 Å². The molecule has 0 amide bonds. The second-order valence-corrected chi connectivity index (χ2v) is 7.88. The molecule has 2 nitrogen and oxygen atoms in total. The SMILES string of the molecule is CN(C/C=C/CCCCCCCCCCc1cccnc1)Cc1ccccc1. The number of hydrogen-bond donors (Lipinski definition) is 0. The standard InChI is InChI=1S/C26H38N2/c1-28(24-26-18-13-11-14-19-26)22-15-10-8-6-4-2-3-5-7-9-12-17-25-20-16-21-27-23-25/h10-11,13-16,18-21,23H,2-9,12,17,22,24H2,1H3/b15-10+. The summed E-state index contributed by atoms with van der Waals surface area (Å²) in [5.74, 6) is 0. The maximum Gasteiger partial charge on any atom is 0.0299 e. The first-order valence-corrected chi connectivity index (χ1v) is 11.1. The van der Waals surface area contributed by atoms with Crippen LogP contribution in [0.5, 0.6) is 0 Å². The molecule has 0 saturated carbocycles. The average Bonchev–Trinajstić information content (AvgIpc) is 2.73. The van der Waals surface area contributed by atoms with Crippen LogP contribution in [-0.4, -0.2) is 23.5 Å². The topological polar surface area (TPSA) is 16.1 Å². The Bertz CT molecular complexity index is 621. The van der Waals surface area contributed by atoms with E-state index < -0.39 is 0 Å². The third-order valence-corrected chi connectivity index (χ3v) is 5.19. The number of allylic oxidation sites excluding steroid dienone is 1. The van der Waals surface area contributed by atoms with Gasteiger partial charge >= 0.3 is 0 Å². The van der Waals surface area contributed by atoms with Crippen molar-refractivity contribution in [2.75, 3.05) is 13.6 Å². The minimum absolute atomic E-state index is 1.02. The number of unbranched alkanes of at least 4 members (excludes halogenated alkanes) is 8. The molecule has 0 N–H and O–H groups in total. The molecule has 0 saturated heterocycles. The Morgan fingerprint density at radius 2 is 1.43 bits per heavy atom. The molecule has 2 aromatic rings. The summed E-state index contributed by atoms with van der Waals surface area (Å²) in [6.07, 6.45) is 21.9. The highest BCUT2D eigenvalue weighted by Gasteiger charge is 1.97. The molecule has 1 aromatic carbocycles. The number of pyridine rings is 1. The van der Waals surface area contributed by atoms with Gasteiger partial charge in [0.05, 0.1) is 0 Å². The first-order chi connectivity index (χ1) is 13.8. The van der Waals surface area contributed by atoms with Crippen LogP contribution in [0, 0.1) is 0 Å². The lowest BCUT2D eigenvalue weighted by Crippen LogP contribution is -2.17. The summed E-state index contributed by atoms with van der Waals surface area (Å²) in [6, 6.07) is 14.9. The molecular weight excluding hydrogens is 340 g/mol. The first kappa shape index (κ1) is 22.4. The maximum absolute atomic E-state index is 4.18. The van der Waals surface area contributed by atoms with Crippen LogP contribution < -0.4 is 0 Å². The fourth-order valence-corrected chi connectivity index (χ4v) is 3.53. The minimum atomic E-state index is 1.02. The Morgan fingerprint density at radius 1 is 0.750 bits per heavy atom. The van der Waals surface area contributed by atoms with Gasteiger partial charge in [0.15, 0.2) is 0 Å². The van der Waals surface area contributed by atoms with Crippen molar-refractivity contribution in [3.05, 3.63) is 78.1 Å². The summed E-state index contributed by atoms with van der Waals surface area (Å²) < 4.78 is 0. The fourth-order valence-electron chi connectivity index (χ4n) is 3.53. The summed E-state index contributed by atoms with van der Waals surface area (Å²) >= 11 is 0. The van der Waals surface area contributed by atoms with Crippen LogP contribution >= 0.6 is 0 Å². The number of likely N-dealkylation sites (N-methyl/N-ethyl adjacent to an activating group) is 1. The highest BCUT2D eigenvalue weighted by atomic mass is 15.1. The van der Waals surface area contributed by atoms with Crippen molar-refractivity contribution in [1.82, 2.24) is 9.88 Å². The van der Waals surface area contributed by atoms with E-state index in [1.165, 1.54) is 75.3 Å². The van der Waals surface area contributed by atoms with Gasteiger partial charge < -0.3 is 0 Å². The van der Waals surface area contributed by atoms with Crippen LogP contribution in [0.3, 0.4) is 0 Å². The number of aryl methyl sites for hydroxylation is 1. The van der Waals surface area contributed by atoms with Crippen LogP contribution in [0.15, 0.2) is 67.0 Å². The van der Waals surface area contributed by atoms with Gasteiger partial charge in [-0.1, -0.05) is 87.1 Å². The van der Waals surface area contributed by atoms with Crippen LogP contribution in [0.4, 0.5) is 0 Å². The van der Waals surface area contributed by atoms with Gasteiger partial charge in [0, 0.05) is 25.5 Å². The van der Waals surface area contributed by atoms with Crippen molar-refractivity contribution in [2.24, 2.45) is 0 Å². The van der Waals surface area contributed by atoms with Gasteiger partial charge in [-0.25, -0.2) is 0 Å². The van der Waals surface area contributed by atoms with E-state index in [9.17, 15) is 0 Å². The van der Waals surface area contributed by atoms with E-state index in [2.05, 4.69) is 65.5 Å². The van der Waals surface area contributed by atoms with E-state index in [1.807, 2.05) is 18.5 Å². The number of aromatic nitrogens is 1. The van der Waals surface area contributed by atoms with E-state index in [4.69, 9.17) is 0 Å². The Morgan fingerprint density at radius 3 is 2.14 bits per heavy atom. The second-order valence-electron chi connectivity index (χ2n) is 7.88. The van der Waals surface area contributed by atoms with Crippen molar-refractivity contribution in [3.63, 3.8) is 0 Å². The zero-order valence-corrected chi connectivity index (χ0v) is 17.7. The summed E-state index contributed by atoms with van der Waals surface area (Å²) in [5.41, 5.74) is 2.76. The molecule has 1 aromatic heterocycles. The van der Waals surface area contributed by atoms with Crippen LogP contribution in [0.1, 0.15) is 68.9 Å². The molecule has 28 heavy (non-hydrogen) atoms. The predicted octanol–water partition coefficient (Wildman–Crippen LogP) is 6.82. The van der Waals surface area contributed by atoms with Gasteiger partial charge in [-0.15, -0.1) is 0 Å². The maximum atomic E-state index is 4.18. The average molecular weight is 379 g/mol. The fraction of sp³-hybridized carbons (Fsp3) is 0.500. The van der Waals surface area contributed by atoms with Crippen molar-refractivity contribution < 1.29 is 0 Å². The largest absolute Gasteiger partial charge is 0.298 e. The van der Waals surface area contributed by atoms with Crippen LogP contribution in [0.2, 0.25) is 0 Å². The first-order valence-electron chi connectivity index (χ1n) is 11.1. The van der Waals surface area contributed by atoms with E-state index in [1.54, 1.807) is 0 Å². The molecule has 1 heterocycles. The van der Waals surface area contributed by atoms with Crippen LogP contribution in [0.25, 0.3) is 0 Å². The van der Waals surface area contributed by atoms with Gasteiger partial charge in [-0.2, -0.15) is 0 Å². The van der Waals surface area contributed by atoms with Crippen molar-refractivity contribution in [1.29, 1.82) is 0 Å². The monoisotopic (exact) mass is 378 g/mol. The van der Waals surface area contributed by atoms with Crippen LogP contribution in [-0.2, 0) is 13.0 Å². The molecule has 0 fully saturated rings. The highest BCUT2D eigenvalue weighted by molar-refractivity contribution is 5.14. The lowest BCUT2D eigenvalue weighted by Gasteiger charge is -2.14. The van der Waals surface area contributed by atoms with E-state index in [-0.39, 0.29) is 0 Å². The molecule has 0 unspecified atom stereocenters. The molecule has 0 bridgehead atoms. The highest BCUT2D eigenvalue weighted by Crippen LogP contribution is 2.12. The van der Waals surface area contributed by atoms with Gasteiger partial charge in [-0.3, -0.25) is 9.88 Å². The molecule has 2 rings (SSSR count). The molecule has 0 aliphatic heterocycles. The lowest BCUT2D eigenvalue weighted by atomic mass is 10.0. The van der Waals surface area contributed by atoms with Gasteiger partial charge in [0.2, 0.25) is 0 Å². The van der Waals surface area contributed by atoms with Crippen molar-refractivity contribution in [2.45, 2.75) is 70.8 Å². The van der Waals surface area contributed by atoms with E-state index in [0.717, 1.165) is 13.1 Å². The summed E-state index contributed by atoms with van der Waals surface area (Å²) in [5, 5.41) is 0. The zero-order chi connectivity index (χ0) is 19.7. The number of benzene rings is 1. The minimum Gasteiger partial charge on any atom is -0.298 e. The molecule has 2 heteroatoms. The third-order valence-electron chi connectivity index (χ3n) is 5.19. The third kappa shape index (κ3) is 11.0. The Labute approximate surface area is 172 Å². The summed E-state index contributed by atoms with van der Waals surface area (Å²) in [7, 11) is 2.19. The van der Waals surface area contributed by atoms with Gasteiger partial charge in [-0.05, 0) is 49.9 Å². The molecule has 0 spiro atoms. The summed E-state index contributed by atoms with van der Waals surface area (Å²) in [6.45, 7) is 2.06. The molecule has 0 atom stereocenters. The molecular formula is C26H38N2. The normalized spacial score (nSPS) is 11.5. The number of hydrogen-bond acceptors (Lipinski definition) is 2. The number of nitrogens with zero attached hydrogens (tertiary/aromatic N) is 2. The summed E-state index contributed by atoms with van der Waals surface area (Å²) in [4.78, 5) is 6.54. The molecule has 152 valence electrons. The lowest BCUT2D eigenvalue weighted by molar-refractivity contribution is 0.363. The van der Waals surface area contributed by atoms with E-state index >= 15 is 0 Å². The quantitative estimate of drug-likeness (QED) is 0.249. The van der Waals surface area contributed by atoms with E-state index in [0.29, 0.717) is 0 Å². The Hall–Kier alpha value is -1.93. The Balaban J connectivity index is 1.35. The molecule has 0 aliphatic rings. The molecule has 0 aliphatic carbocycles. The predicted molar refractivity (Wildman–Crippen MR) is 121 cm³/mol. The van der Waals surface area contributed by atoms with Gasteiger partial charge in [0.1, 0.15) is 0 Å². The van der Waals surface area contributed by atoms with Crippen molar-refractivity contribution >= 4 is 0 Å². The molecule has 0 radical (unpaired) electrons. The Kier molecular flexibility index (Phi) is 12.0. The van der Waals surface area contributed by atoms with Gasteiger partial charge in [0.25, 0.3) is 0 Å². The number of rotatable bonds is 15. The smallest absolute Gasteiger partial charge is 0.0299 e.